The van der Waals surface area contributed by atoms with Crippen molar-refractivity contribution in [2.75, 3.05) is 5.32 Å². The summed E-state index contributed by atoms with van der Waals surface area (Å²) in [5.41, 5.74) is 3.29. The molecule has 3 aromatic rings. The number of fused-ring (bicyclic) bond motifs is 2. The number of carbonyl (C=O) groups is 1. The van der Waals surface area contributed by atoms with Crippen LogP contribution in [0.5, 0.6) is 0 Å². The normalized spacial score (nSPS) is 16.9. The van der Waals surface area contributed by atoms with Crippen molar-refractivity contribution in [3.8, 4) is 0 Å². The Morgan fingerprint density at radius 1 is 1.29 bits per heavy atom. The first kappa shape index (κ1) is 14.6. The van der Waals surface area contributed by atoms with Crippen LogP contribution in [0.2, 0.25) is 0 Å². The van der Waals surface area contributed by atoms with E-state index in [4.69, 9.17) is 0 Å². The van der Waals surface area contributed by atoms with E-state index in [0.29, 0.717) is 18.7 Å². The van der Waals surface area contributed by atoms with E-state index in [1.165, 1.54) is 10.7 Å². The largest absolute Gasteiger partial charge is 0.322 e. The number of nitrogens with one attached hydrogen (secondary N) is 1. The van der Waals surface area contributed by atoms with Crippen molar-refractivity contribution in [1.29, 1.82) is 0 Å². The molecule has 0 fully saturated rings. The van der Waals surface area contributed by atoms with Crippen molar-refractivity contribution in [3.05, 3.63) is 59.7 Å². The molecule has 1 N–H and O–H groups in total. The smallest absolute Gasteiger partial charge is 0.317 e. The molecular weight excluding hydrogens is 309 g/mol. The maximum atomic E-state index is 13.4. The lowest BCUT2D eigenvalue weighted by Gasteiger charge is -2.34. The van der Waals surface area contributed by atoms with Gasteiger partial charge in [-0.25, -0.2) is 9.18 Å². The van der Waals surface area contributed by atoms with Crippen LogP contribution in [-0.2, 0) is 13.0 Å². The number of halogens is 1. The number of hydrogen-bond acceptors (Lipinski definition) is 3. The number of hydrogen-bond donors (Lipinski definition) is 1. The Bertz CT molecular complexity index is 922. The molecule has 4 rings (SSSR count). The van der Waals surface area contributed by atoms with Gasteiger partial charge in [-0.15, -0.1) is 4.63 Å². The molecule has 0 bridgehead atoms. The fourth-order valence-corrected chi connectivity index (χ4v) is 3.09. The van der Waals surface area contributed by atoms with E-state index in [1.54, 1.807) is 35.5 Å². The van der Waals surface area contributed by atoms with E-state index in [1.807, 2.05) is 13.0 Å². The summed E-state index contributed by atoms with van der Waals surface area (Å²) in [4.78, 5) is 14.4. The van der Waals surface area contributed by atoms with Gasteiger partial charge in [0.25, 0.3) is 0 Å². The molecule has 2 aromatic heterocycles. The first-order chi connectivity index (χ1) is 11.6. The lowest BCUT2D eigenvalue weighted by atomic mass is 9.95. The first-order valence-electron chi connectivity index (χ1n) is 7.76. The van der Waals surface area contributed by atoms with Gasteiger partial charge in [-0.1, -0.05) is 6.07 Å². The van der Waals surface area contributed by atoms with Gasteiger partial charge in [0.2, 0.25) is 0 Å². The van der Waals surface area contributed by atoms with Gasteiger partial charge < -0.3 is 10.2 Å². The number of aromatic nitrogens is 3. The third-order valence-corrected chi connectivity index (χ3v) is 4.36. The zero-order valence-electron chi connectivity index (χ0n) is 13.1. The van der Waals surface area contributed by atoms with Gasteiger partial charge in [0, 0.05) is 18.8 Å². The SMILES string of the molecule is CC1Cc2cc(F)ccc2CN1C(=O)Nc1cnn2ncccc12. The van der Waals surface area contributed by atoms with Crippen LogP contribution in [0.3, 0.4) is 0 Å². The maximum Gasteiger partial charge on any atom is 0.322 e. The number of benzene rings is 1. The summed E-state index contributed by atoms with van der Waals surface area (Å²) in [6.45, 7) is 2.42. The summed E-state index contributed by atoms with van der Waals surface area (Å²) in [5, 5.41) is 11.1. The molecule has 0 saturated heterocycles. The monoisotopic (exact) mass is 325 g/mol. The number of urea groups is 1. The summed E-state index contributed by atoms with van der Waals surface area (Å²) < 4.78 is 14.8. The van der Waals surface area contributed by atoms with Crippen molar-refractivity contribution < 1.29 is 9.18 Å². The number of nitrogens with zero attached hydrogens (tertiary/aromatic N) is 4. The van der Waals surface area contributed by atoms with E-state index in [0.717, 1.165) is 16.6 Å². The lowest BCUT2D eigenvalue weighted by Crippen LogP contribution is -2.44. The van der Waals surface area contributed by atoms with E-state index < -0.39 is 0 Å². The molecule has 7 heteroatoms. The molecular formula is C17H16FN5O. The van der Waals surface area contributed by atoms with Crippen LogP contribution in [-0.4, -0.2) is 31.8 Å². The standard InChI is InChI=1S/C17H16FN5O/c1-11-7-13-8-14(18)5-4-12(13)10-22(11)17(24)21-15-9-20-23-16(15)3-2-6-19-23/h2-6,8-9,11H,7,10H2,1H3,(H,21,24). The number of rotatable bonds is 1. The van der Waals surface area contributed by atoms with Crippen LogP contribution in [0.4, 0.5) is 14.9 Å². The van der Waals surface area contributed by atoms with Gasteiger partial charge in [-0.3, -0.25) is 0 Å². The van der Waals surface area contributed by atoms with Gasteiger partial charge in [0.05, 0.1) is 11.9 Å². The minimum atomic E-state index is -0.238. The van der Waals surface area contributed by atoms with Crippen LogP contribution in [0, 0.1) is 5.82 Å². The predicted octanol–water partition coefficient (Wildman–Crippen LogP) is 2.85. The highest BCUT2D eigenvalue weighted by Crippen LogP contribution is 2.25. The summed E-state index contributed by atoms with van der Waals surface area (Å²) in [6.07, 6.45) is 3.85. The minimum absolute atomic E-state index is 0.0146. The zero-order chi connectivity index (χ0) is 16.7. The average molecular weight is 325 g/mol. The van der Waals surface area contributed by atoms with Gasteiger partial charge in [-0.2, -0.15) is 10.2 Å². The summed E-state index contributed by atoms with van der Waals surface area (Å²) in [5.74, 6) is -0.238. The van der Waals surface area contributed by atoms with Crippen molar-refractivity contribution in [1.82, 2.24) is 19.7 Å². The Labute approximate surface area is 137 Å². The van der Waals surface area contributed by atoms with E-state index in [-0.39, 0.29) is 17.9 Å². The highest BCUT2D eigenvalue weighted by Gasteiger charge is 2.27. The number of amides is 2. The minimum Gasteiger partial charge on any atom is -0.317 e. The fourth-order valence-electron chi connectivity index (χ4n) is 3.09. The van der Waals surface area contributed by atoms with E-state index in [9.17, 15) is 9.18 Å². The Balaban J connectivity index is 1.57. The van der Waals surface area contributed by atoms with E-state index in [2.05, 4.69) is 15.5 Å². The van der Waals surface area contributed by atoms with Crippen molar-refractivity contribution in [3.63, 3.8) is 0 Å². The van der Waals surface area contributed by atoms with Gasteiger partial charge in [0.1, 0.15) is 11.3 Å². The molecule has 1 aliphatic heterocycles. The first-order valence-corrected chi connectivity index (χ1v) is 7.76. The third-order valence-electron chi connectivity index (χ3n) is 4.36. The molecule has 1 atom stereocenters. The topological polar surface area (TPSA) is 62.5 Å². The second kappa shape index (κ2) is 5.59. The van der Waals surface area contributed by atoms with Gasteiger partial charge in [-0.05, 0) is 48.7 Å². The molecule has 24 heavy (non-hydrogen) atoms. The quantitative estimate of drug-likeness (QED) is 0.748. The summed E-state index contributed by atoms with van der Waals surface area (Å²) >= 11 is 0. The molecule has 1 aromatic carbocycles. The lowest BCUT2D eigenvalue weighted by molar-refractivity contribution is 0.182. The van der Waals surface area contributed by atoms with Crippen LogP contribution in [0.25, 0.3) is 5.52 Å². The molecule has 0 spiro atoms. The fraction of sp³-hybridized carbons (Fsp3) is 0.235. The van der Waals surface area contributed by atoms with Crippen molar-refractivity contribution in [2.45, 2.75) is 25.9 Å². The summed E-state index contributed by atoms with van der Waals surface area (Å²) in [6, 6.07) is 8.15. The van der Waals surface area contributed by atoms with Crippen LogP contribution in [0.15, 0.2) is 42.7 Å². The molecule has 6 nitrogen and oxygen atoms in total. The van der Waals surface area contributed by atoms with Crippen LogP contribution < -0.4 is 5.32 Å². The second-order valence-electron chi connectivity index (χ2n) is 5.98. The van der Waals surface area contributed by atoms with Crippen molar-refractivity contribution >= 4 is 17.2 Å². The Morgan fingerprint density at radius 3 is 3.04 bits per heavy atom. The number of carbonyl (C=O) groups excluding carboxylic acids is 1. The molecule has 1 unspecified atom stereocenters. The highest BCUT2D eigenvalue weighted by atomic mass is 19.1. The van der Waals surface area contributed by atoms with Crippen LogP contribution >= 0.6 is 0 Å². The predicted molar refractivity (Wildman–Crippen MR) is 87.1 cm³/mol. The van der Waals surface area contributed by atoms with Gasteiger partial charge in [0.15, 0.2) is 0 Å². The molecule has 0 saturated carbocycles. The third kappa shape index (κ3) is 2.47. The molecule has 122 valence electrons. The maximum absolute atomic E-state index is 13.4. The van der Waals surface area contributed by atoms with Crippen molar-refractivity contribution in [2.24, 2.45) is 0 Å². The van der Waals surface area contributed by atoms with Gasteiger partial charge >= 0.3 is 6.03 Å². The average Bonchev–Trinajstić information content (AvgIpc) is 2.97. The Morgan fingerprint density at radius 2 is 2.17 bits per heavy atom. The molecule has 0 radical (unpaired) electrons. The number of anilines is 1. The molecule has 3 heterocycles. The molecule has 0 aliphatic carbocycles. The molecule has 1 aliphatic rings. The summed E-state index contributed by atoms with van der Waals surface area (Å²) in [7, 11) is 0. The Kier molecular flexibility index (Phi) is 3.41. The molecule has 2 amide bonds. The zero-order valence-corrected chi connectivity index (χ0v) is 13.1. The second-order valence-corrected chi connectivity index (χ2v) is 5.98. The van der Waals surface area contributed by atoms with Crippen LogP contribution in [0.1, 0.15) is 18.1 Å². The van der Waals surface area contributed by atoms with E-state index >= 15 is 0 Å². The Hall–Kier alpha value is -2.96. The highest BCUT2D eigenvalue weighted by molar-refractivity contribution is 5.94.